The van der Waals surface area contributed by atoms with Gasteiger partial charge in [0, 0.05) is 12.1 Å². The van der Waals surface area contributed by atoms with Gasteiger partial charge in [-0.2, -0.15) is 13.2 Å². The third kappa shape index (κ3) is 7.34. The first-order valence-electron chi connectivity index (χ1n) is 11.2. The smallest absolute Gasteiger partial charge is 0.416 e. The molecule has 0 aromatic heterocycles. The largest absolute Gasteiger partial charge is 0.486 e. The van der Waals surface area contributed by atoms with Crippen LogP contribution in [0.15, 0.2) is 72.8 Å². The number of halogens is 3. The van der Waals surface area contributed by atoms with Crippen molar-refractivity contribution in [3.05, 3.63) is 89.5 Å². The zero-order valence-corrected chi connectivity index (χ0v) is 19.1. The van der Waals surface area contributed by atoms with E-state index in [4.69, 9.17) is 9.84 Å². The number of benzene rings is 3. The lowest BCUT2D eigenvalue weighted by molar-refractivity contribution is -0.138. The van der Waals surface area contributed by atoms with Crippen molar-refractivity contribution in [2.45, 2.75) is 38.5 Å². The molecule has 0 saturated heterocycles. The van der Waals surface area contributed by atoms with Gasteiger partial charge in [-0.1, -0.05) is 49.7 Å². The summed E-state index contributed by atoms with van der Waals surface area (Å²) in [7, 11) is 0. The van der Waals surface area contributed by atoms with Crippen molar-refractivity contribution in [2.24, 2.45) is 0 Å². The van der Waals surface area contributed by atoms with E-state index in [0.29, 0.717) is 16.9 Å². The van der Waals surface area contributed by atoms with Crippen LogP contribution in [0.3, 0.4) is 0 Å². The lowest BCUT2D eigenvalue weighted by Crippen LogP contribution is -2.25. The molecule has 0 radical (unpaired) electrons. The van der Waals surface area contributed by atoms with Crippen molar-refractivity contribution >= 4 is 11.9 Å². The third-order valence-electron chi connectivity index (χ3n) is 5.40. The zero-order valence-electron chi connectivity index (χ0n) is 19.1. The number of carbonyl (C=O) groups is 2. The Morgan fingerprint density at radius 3 is 2.00 bits per heavy atom. The van der Waals surface area contributed by atoms with Gasteiger partial charge >= 0.3 is 12.1 Å². The summed E-state index contributed by atoms with van der Waals surface area (Å²) in [6.07, 6.45) is -3.14. The summed E-state index contributed by atoms with van der Waals surface area (Å²) in [4.78, 5) is 22.7. The van der Waals surface area contributed by atoms with E-state index in [1.807, 2.05) is 31.2 Å². The van der Waals surface area contributed by atoms with E-state index in [9.17, 15) is 22.8 Å². The van der Waals surface area contributed by atoms with Crippen molar-refractivity contribution in [3.63, 3.8) is 0 Å². The van der Waals surface area contributed by atoms with E-state index in [1.165, 1.54) is 12.1 Å². The summed E-state index contributed by atoms with van der Waals surface area (Å²) in [5, 5.41) is 11.2. The molecule has 0 spiro atoms. The van der Waals surface area contributed by atoms with Gasteiger partial charge in [-0.15, -0.1) is 0 Å². The Labute approximate surface area is 201 Å². The highest BCUT2D eigenvalue weighted by atomic mass is 19.4. The second-order valence-corrected chi connectivity index (χ2v) is 8.02. The van der Waals surface area contributed by atoms with Crippen LogP contribution in [0.25, 0.3) is 11.1 Å². The number of rotatable bonds is 10. The maximum Gasteiger partial charge on any atom is 0.416 e. The van der Waals surface area contributed by atoms with Gasteiger partial charge in [-0.3, -0.25) is 9.59 Å². The van der Waals surface area contributed by atoms with Crippen molar-refractivity contribution < 1.29 is 32.6 Å². The van der Waals surface area contributed by atoms with Gasteiger partial charge in [-0.25, -0.2) is 0 Å². The molecule has 3 rings (SSSR count). The van der Waals surface area contributed by atoms with Gasteiger partial charge in [0.1, 0.15) is 11.9 Å². The summed E-state index contributed by atoms with van der Waals surface area (Å²) < 4.78 is 44.6. The lowest BCUT2D eigenvalue weighted by atomic mass is 9.99. The molecular weight excluding hydrogens is 459 g/mol. The topological polar surface area (TPSA) is 75.6 Å². The molecule has 2 N–H and O–H groups in total. The molecule has 0 aliphatic heterocycles. The Morgan fingerprint density at radius 1 is 0.914 bits per heavy atom. The third-order valence-corrected chi connectivity index (χ3v) is 5.40. The van der Waals surface area contributed by atoms with Gasteiger partial charge in [0.05, 0.1) is 12.0 Å². The number of ether oxygens (including phenoxy) is 1. The molecule has 3 aromatic rings. The van der Waals surface area contributed by atoms with Gasteiger partial charge in [0.25, 0.3) is 5.91 Å². The Morgan fingerprint density at radius 2 is 1.49 bits per heavy atom. The van der Waals surface area contributed by atoms with E-state index in [2.05, 4.69) is 5.32 Å². The van der Waals surface area contributed by atoms with Gasteiger partial charge in [0.2, 0.25) is 0 Å². The first-order valence-corrected chi connectivity index (χ1v) is 11.2. The number of hydrogen-bond donors (Lipinski definition) is 2. The number of hydrogen-bond acceptors (Lipinski definition) is 3. The number of carboxylic acids is 1. The predicted molar refractivity (Wildman–Crippen MR) is 126 cm³/mol. The van der Waals surface area contributed by atoms with Crippen LogP contribution in [0.5, 0.6) is 5.75 Å². The highest BCUT2D eigenvalue weighted by Crippen LogP contribution is 2.32. The zero-order chi connectivity index (χ0) is 25.4. The number of nitrogens with one attached hydrogen (secondary N) is 1. The van der Waals surface area contributed by atoms with Crippen LogP contribution in [0.2, 0.25) is 0 Å². The molecule has 35 heavy (non-hydrogen) atoms. The van der Waals surface area contributed by atoms with Crippen LogP contribution in [-0.2, 0) is 11.0 Å². The van der Waals surface area contributed by atoms with E-state index in [1.54, 1.807) is 24.3 Å². The van der Waals surface area contributed by atoms with Crippen LogP contribution < -0.4 is 10.1 Å². The Balaban J connectivity index is 1.67. The molecule has 1 atom stereocenters. The minimum absolute atomic E-state index is 0.0491. The van der Waals surface area contributed by atoms with Crippen molar-refractivity contribution in [3.8, 4) is 16.9 Å². The summed E-state index contributed by atoms with van der Waals surface area (Å²) in [6.45, 7) is 2.09. The number of carbonyl (C=O) groups excluding carboxylic acids is 1. The lowest BCUT2D eigenvalue weighted by Gasteiger charge is -2.20. The van der Waals surface area contributed by atoms with Crippen LogP contribution >= 0.6 is 0 Å². The van der Waals surface area contributed by atoms with Crippen molar-refractivity contribution in [1.82, 2.24) is 5.32 Å². The minimum atomic E-state index is -4.37. The molecule has 0 unspecified atom stereocenters. The highest BCUT2D eigenvalue weighted by molar-refractivity contribution is 5.94. The van der Waals surface area contributed by atoms with E-state index < -0.39 is 17.7 Å². The monoisotopic (exact) mass is 485 g/mol. The molecule has 0 aliphatic carbocycles. The van der Waals surface area contributed by atoms with Crippen LogP contribution in [0.1, 0.15) is 53.8 Å². The van der Waals surface area contributed by atoms with Crippen LogP contribution in [0, 0.1) is 0 Å². The fraction of sp³-hybridized carbons (Fsp3) is 0.259. The van der Waals surface area contributed by atoms with Crippen LogP contribution in [-0.4, -0.2) is 23.5 Å². The predicted octanol–water partition coefficient (Wildman–Crippen LogP) is 6.50. The van der Waals surface area contributed by atoms with Crippen molar-refractivity contribution in [1.29, 1.82) is 0 Å². The fourth-order valence-electron chi connectivity index (χ4n) is 3.53. The van der Waals surface area contributed by atoms with Crippen LogP contribution in [0.4, 0.5) is 13.2 Å². The molecule has 0 saturated carbocycles. The number of alkyl halides is 3. The summed E-state index contributed by atoms with van der Waals surface area (Å²) in [5.41, 5.74) is 2.14. The first kappa shape index (κ1) is 25.8. The fourth-order valence-corrected chi connectivity index (χ4v) is 3.53. The molecule has 0 bridgehead atoms. The van der Waals surface area contributed by atoms with Gasteiger partial charge in [0.15, 0.2) is 0 Å². The normalized spacial score (nSPS) is 12.1. The van der Waals surface area contributed by atoms with E-state index in [-0.39, 0.29) is 25.0 Å². The van der Waals surface area contributed by atoms with E-state index >= 15 is 0 Å². The van der Waals surface area contributed by atoms with E-state index in [0.717, 1.165) is 36.1 Å². The minimum Gasteiger partial charge on any atom is -0.486 e. The quantitative estimate of drug-likeness (QED) is 0.344. The van der Waals surface area contributed by atoms with Gasteiger partial charge < -0.3 is 15.2 Å². The van der Waals surface area contributed by atoms with Crippen molar-refractivity contribution in [2.75, 3.05) is 6.54 Å². The molecule has 3 aromatic carbocycles. The second-order valence-electron chi connectivity index (χ2n) is 8.02. The Bertz CT molecular complexity index is 1130. The Kier molecular flexibility index (Phi) is 8.52. The standard InChI is InChI=1S/C27H26F3NO4/c1-2-3-24(35-23-14-10-21(11-15-23)26(34)31-17-16-25(32)33)20-6-4-18(5-7-20)19-8-12-22(13-9-19)27(28,29)30/h4-15,24H,2-3,16-17H2,1H3,(H,31,34)(H,32,33)/t24-/m1/s1. The van der Waals surface area contributed by atoms with Gasteiger partial charge in [-0.05, 0) is 59.5 Å². The molecule has 1 amide bonds. The maximum atomic E-state index is 12.8. The first-order chi connectivity index (χ1) is 16.7. The Hall–Kier alpha value is -3.81. The number of aliphatic carboxylic acids is 1. The second kappa shape index (κ2) is 11.6. The molecule has 8 heteroatoms. The summed E-state index contributed by atoms with van der Waals surface area (Å²) in [5.74, 6) is -0.762. The summed E-state index contributed by atoms with van der Waals surface area (Å²) in [6, 6.07) is 19.2. The molecule has 5 nitrogen and oxygen atoms in total. The molecule has 0 heterocycles. The SMILES string of the molecule is CCC[C@@H](Oc1ccc(C(=O)NCCC(=O)O)cc1)c1ccc(-c2ccc(C(F)(F)F)cc2)cc1. The number of carboxylic acid groups (broad SMARTS) is 1. The molecule has 0 fully saturated rings. The average Bonchev–Trinajstić information content (AvgIpc) is 2.83. The average molecular weight is 486 g/mol. The maximum absolute atomic E-state index is 12.8. The highest BCUT2D eigenvalue weighted by Gasteiger charge is 2.30. The molecular formula is C27H26F3NO4. The molecule has 184 valence electrons. The number of amides is 1. The summed E-state index contributed by atoms with van der Waals surface area (Å²) >= 11 is 0. The molecule has 0 aliphatic rings.